The summed E-state index contributed by atoms with van der Waals surface area (Å²) in [6, 6.07) is 7.10. The Balaban J connectivity index is 1.93. The van der Waals surface area contributed by atoms with Gasteiger partial charge in [0.05, 0.1) is 11.5 Å². The van der Waals surface area contributed by atoms with Crippen molar-refractivity contribution in [2.24, 2.45) is 0 Å². The van der Waals surface area contributed by atoms with Crippen LogP contribution in [0.3, 0.4) is 0 Å². The normalized spacial score (nSPS) is 13.7. The number of ether oxygens (including phenoxy) is 1. The van der Waals surface area contributed by atoms with Crippen molar-refractivity contribution in [3.63, 3.8) is 0 Å². The standard InChI is InChI=1S/C16H20N6O3/c1-2-25-12-7-5-11(6-8-12)18-15-13(22(23)24)14(17)19-16(20-15)21-9-3-4-10-21/h5-8H,2-4,9-10H2,1H3,(H3,17,18,19,20). The van der Waals surface area contributed by atoms with Gasteiger partial charge in [0, 0.05) is 18.8 Å². The molecule has 25 heavy (non-hydrogen) atoms. The highest BCUT2D eigenvalue weighted by Crippen LogP contribution is 2.33. The molecule has 3 N–H and O–H groups in total. The second-order valence-electron chi connectivity index (χ2n) is 5.64. The van der Waals surface area contributed by atoms with Gasteiger partial charge in [-0.05, 0) is 44.0 Å². The monoisotopic (exact) mass is 344 g/mol. The summed E-state index contributed by atoms with van der Waals surface area (Å²) in [4.78, 5) is 21.2. The molecular weight excluding hydrogens is 324 g/mol. The van der Waals surface area contributed by atoms with Gasteiger partial charge in [-0.1, -0.05) is 0 Å². The maximum Gasteiger partial charge on any atom is 0.353 e. The van der Waals surface area contributed by atoms with Gasteiger partial charge in [0.25, 0.3) is 0 Å². The quantitative estimate of drug-likeness (QED) is 0.606. The zero-order valence-electron chi connectivity index (χ0n) is 13.9. The average molecular weight is 344 g/mol. The number of hydrogen-bond donors (Lipinski definition) is 2. The van der Waals surface area contributed by atoms with Gasteiger partial charge in [-0.25, -0.2) is 0 Å². The van der Waals surface area contributed by atoms with Crippen molar-refractivity contribution in [3.8, 4) is 5.75 Å². The van der Waals surface area contributed by atoms with Crippen LogP contribution in [-0.2, 0) is 0 Å². The smallest absolute Gasteiger partial charge is 0.353 e. The van der Waals surface area contributed by atoms with Crippen molar-refractivity contribution in [1.29, 1.82) is 0 Å². The Morgan fingerprint density at radius 3 is 2.56 bits per heavy atom. The largest absolute Gasteiger partial charge is 0.494 e. The van der Waals surface area contributed by atoms with E-state index in [2.05, 4.69) is 15.3 Å². The van der Waals surface area contributed by atoms with E-state index in [4.69, 9.17) is 10.5 Å². The molecule has 3 rings (SSSR count). The number of nitrogens with two attached hydrogens (primary N) is 1. The maximum atomic E-state index is 11.4. The lowest BCUT2D eigenvalue weighted by Gasteiger charge is -2.17. The summed E-state index contributed by atoms with van der Waals surface area (Å²) in [5, 5.41) is 14.3. The molecule has 9 nitrogen and oxygen atoms in total. The van der Waals surface area contributed by atoms with Gasteiger partial charge in [-0.15, -0.1) is 0 Å². The van der Waals surface area contributed by atoms with Crippen molar-refractivity contribution in [3.05, 3.63) is 34.4 Å². The van der Waals surface area contributed by atoms with Crippen molar-refractivity contribution >= 4 is 29.0 Å². The zero-order valence-corrected chi connectivity index (χ0v) is 13.9. The Hall–Kier alpha value is -3.10. The molecule has 2 heterocycles. The molecule has 132 valence electrons. The van der Waals surface area contributed by atoms with E-state index >= 15 is 0 Å². The number of nitrogens with one attached hydrogen (secondary N) is 1. The zero-order chi connectivity index (χ0) is 17.8. The fourth-order valence-corrected chi connectivity index (χ4v) is 2.72. The third kappa shape index (κ3) is 3.70. The van der Waals surface area contributed by atoms with Crippen molar-refractivity contribution in [2.45, 2.75) is 19.8 Å². The number of hydrogen-bond acceptors (Lipinski definition) is 8. The number of anilines is 4. The molecule has 1 saturated heterocycles. The highest BCUT2D eigenvalue weighted by molar-refractivity contribution is 5.74. The molecule has 1 aliphatic heterocycles. The van der Waals surface area contributed by atoms with Crippen LogP contribution in [0.4, 0.5) is 29.0 Å². The first kappa shape index (κ1) is 16.7. The third-order valence-electron chi connectivity index (χ3n) is 3.90. The topological polar surface area (TPSA) is 119 Å². The summed E-state index contributed by atoms with van der Waals surface area (Å²) in [6.45, 7) is 4.11. The van der Waals surface area contributed by atoms with Gasteiger partial charge in [0.1, 0.15) is 5.75 Å². The van der Waals surface area contributed by atoms with Crippen LogP contribution in [0.1, 0.15) is 19.8 Å². The molecule has 1 aromatic heterocycles. The van der Waals surface area contributed by atoms with Crippen LogP contribution in [0.25, 0.3) is 0 Å². The number of nitrogen functional groups attached to an aromatic ring is 1. The number of rotatable bonds is 6. The van der Waals surface area contributed by atoms with E-state index in [-0.39, 0.29) is 17.3 Å². The van der Waals surface area contributed by atoms with E-state index in [1.807, 2.05) is 11.8 Å². The molecule has 1 fully saturated rings. The Morgan fingerprint density at radius 1 is 1.28 bits per heavy atom. The van der Waals surface area contributed by atoms with Crippen LogP contribution < -0.4 is 20.7 Å². The molecule has 1 aromatic carbocycles. The number of nitrogens with zero attached hydrogens (tertiary/aromatic N) is 4. The molecule has 0 unspecified atom stereocenters. The van der Waals surface area contributed by atoms with Crippen LogP contribution in [0.5, 0.6) is 5.75 Å². The van der Waals surface area contributed by atoms with Crippen LogP contribution in [-0.4, -0.2) is 34.6 Å². The molecule has 2 aromatic rings. The summed E-state index contributed by atoms with van der Waals surface area (Å²) >= 11 is 0. The SMILES string of the molecule is CCOc1ccc(Nc2nc(N3CCCC3)nc(N)c2[N+](=O)[O-])cc1. The Bertz CT molecular complexity index is 759. The predicted octanol–water partition coefficient (Wildman–Crippen LogP) is 2.71. The molecule has 0 aliphatic carbocycles. The molecule has 0 radical (unpaired) electrons. The highest BCUT2D eigenvalue weighted by atomic mass is 16.6. The van der Waals surface area contributed by atoms with Crippen LogP contribution in [0, 0.1) is 10.1 Å². The summed E-state index contributed by atoms with van der Waals surface area (Å²) in [5.41, 5.74) is 6.16. The summed E-state index contributed by atoms with van der Waals surface area (Å²) in [6.07, 6.45) is 2.09. The first-order chi connectivity index (χ1) is 12.1. The second kappa shape index (κ2) is 7.20. The predicted molar refractivity (Wildman–Crippen MR) is 95.4 cm³/mol. The van der Waals surface area contributed by atoms with E-state index in [1.165, 1.54) is 0 Å². The average Bonchev–Trinajstić information content (AvgIpc) is 3.10. The summed E-state index contributed by atoms with van der Waals surface area (Å²) in [7, 11) is 0. The van der Waals surface area contributed by atoms with Gasteiger partial charge in [-0.2, -0.15) is 9.97 Å². The first-order valence-electron chi connectivity index (χ1n) is 8.15. The Kier molecular flexibility index (Phi) is 4.82. The minimum Gasteiger partial charge on any atom is -0.494 e. The maximum absolute atomic E-state index is 11.4. The van der Waals surface area contributed by atoms with Crippen LogP contribution in [0.2, 0.25) is 0 Å². The van der Waals surface area contributed by atoms with E-state index in [9.17, 15) is 10.1 Å². The summed E-state index contributed by atoms with van der Waals surface area (Å²) in [5.74, 6) is 1.08. The molecule has 0 atom stereocenters. The van der Waals surface area contributed by atoms with Gasteiger partial charge in [0.2, 0.25) is 17.6 Å². The summed E-state index contributed by atoms with van der Waals surface area (Å²) < 4.78 is 5.39. The lowest BCUT2D eigenvalue weighted by atomic mass is 10.3. The lowest BCUT2D eigenvalue weighted by Crippen LogP contribution is -2.22. The minimum atomic E-state index is -0.569. The van der Waals surface area contributed by atoms with Gasteiger partial charge in [-0.3, -0.25) is 10.1 Å². The van der Waals surface area contributed by atoms with Crippen molar-refractivity contribution < 1.29 is 9.66 Å². The van der Waals surface area contributed by atoms with E-state index < -0.39 is 4.92 Å². The molecule has 0 saturated carbocycles. The lowest BCUT2D eigenvalue weighted by molar-refractivity contribution is -0.383. The second-order valence-corrected chi connectivity index (χ2v) is 5.64. The van der Waals surface area contributed by atoms with Crippen LogP contribution >= 0.6 is 0 Å². The van der Waals surface area contributed by atoms with Crippen LogP contribution in [0.15, 0.2) is 24.3 Å². The highest BCUT2D eigenvalue weighted by Gasteiger charge is 2.26. The van der Waals surface area contributed by atoms with Gasteiger partial charge >= 0.3 is 5.69 Å². The number of benzene rings is 1. The third-order valence-corrected chi connectivity index (χ3v) is 3.90. The van der Waals surface area contributed by atoms with Crippen molar-refractivity contribution in [2.75, 3.05) is 35.6 Å². The van der Waals surface area contributed by atoms with Gasteiger partial charge < -0.3 is 20.7 Å². The Morgan fingerprint density at radius 2 is 1.96 bits per heavy atom. The van der Waals surface area contributed by atoms with E-state index in [1.54, 1.807) is 24.3 Å². The molecule has 1 aliphatic rings. The molecule has 9 heteroatoms. The van der Waals surface area contributed by atoms with Crippen molar-refractivity contribution in [1.82, 2.24) is 9.97 Å². The number of aromatic nitrogens is 2. The first-order valence-corrected chi connectivity index (χ1v) is 8.15. The number of nitro groups is 1. The molecular formula is C16H20N6O3. The Labute approximate surface area is 145 Å². The molecule has 0 spiro atoms. The molecule has 0 amide bonds. The minimum absolute atomic E-state index is 0.0866. The van der Waals surface area contributed by atoms with Gasteiger partial charge in [0.15, 0.2) is 0 Å². The van der Waals surface area contributed by atoms with E-state index in [0.717, 1.165) is 31.7 Å². The molecule has 0 bridgehead atoms. The van der Waals surface area contributed by atoms with E-state index in [0.29, 0.717) is 18.2 Å². The fraction of sp³-hybridized carbons (Fsp3) is 0.375. The fourth-order valence-electron chi connectivity index (χ4n) is 2.72.